The Balaban J connectivity index is 1.64. The Morgan fingerprint density at radius 3 is 2.52 bits per heavy atom. The van der Waals surface area contributed by atoms with Crippen molar-refractivity contribution in [1.82, 2.24) is 4.72 Å². The van der Waals surface area contributed by atoms with Crippen molar-refractivity contribution in [3.8, 4) is 0 Å². The number of aliphatic imine (C=N–C) groups is 1. The molecule has 2 heterocycles. The Labute approximate surface area is 159 Å². The summed E-state index contributed by atoms with van der Waals surface area (Å²) in [5, 5.41) is 2.65. The van der Waals surface area contributed by atoms with Gasteiger partial charge in [0.05, 0.1) is 22.3 Å². The summed E-state index contributed by atoms with van der Waals surface area (Å²) < 4.78 is 50.4. The first kappa shape index (κ1) is 19.8. The van der Waals surface area contributed by atoms with E-state index in [4.69, 9.17) is 0 Å². The second-order valence-corrected chi connectivity index (χ2v) is 10.8. The van der Waals surface area contributed by atoms with Crippen LogP contribution in [0.5, 0.6) is 0 Å². The lowest BCUT2D eigenvalue weighted by molar-refractivity contribution is -0.119. The van der Waals surface area contributed by atoms with Crippen molar-refractivity contribution in [1.29, 1.82) is 0 Å². The molecule has 2 N–H and O–H groups in total. The molecule has 2 aliphatic rings. The van der Waals surface area contributed by atoms with E-state index < -0.39 is 25.8 Å². The van der Waals surface area contributed by atoms with Crippen molar-refractivity contribution in [3.05, 3.63) is 24.3 Å². The SMILES string of the molecule is O=C(Nc1ccc(S(=O)(=O)NC2=NCCCCC2)cc1)[C@@H]1CCS(=O)(=O)C1. The van der Waals surface area contributed by atoms with Crippen molar-refractivity contribution < 1.29 is 21.6 Å². The molecule has 0 aliphatic carbocycles. The molecule has 8 nitrogen and oxygen atoms in total. The molecule has 0 aromatic heterocycles. The Morgan fingerprint density at radius 1 is 1.11 bits per heavy atom. The quantitative estimate of drug-likeness (QED) is 0.771. The van der Waals surface area contributed by atoms with Crippen LogP contribution in [0.3, 0.4) is 0 Å². The maximum Gasteiger partial charge on any atom is 0.262 e. The van der Waals surface area contributed by atoms with Gasteiger partial charge in [0, 0.05) is 18.7 Å². The van der Waals surface area contributed by atoms with Gasteiger partial charge in [-0.2, -0.15) is 0 Å². The monoisotopic (exact) mass is 413 g/mol. The third kappa shape index (κ3) is 5.29. The third-order valence-electron chi connectivity index (χ3n) is 4.66. The first-order chi connectivity index (χ1) is 12.8. The standard InChI is InChI=1S/C17H23N3O5S2/c21-17(13-9-11-26(22,23)12-13)19-14-5-7-15(8-6-14)27(24,25)20-16-4-2-1-3-10-18-16/h5-8,13H,1-4,9-12H2,(H,18,20)(H,19,21)/t13-/m1/s1. The average Bonchev–Trinajstić information content (AvgIpc) is 2.80. The summed E-state index contributed by atoms with van der Waals surface area (Å²) in [5.41, 5.74) is 0.426. The highest BCUT2D eigenvalue weighted by Gasteiger charge is 2.33. The molecule has 27 heavy (non-hydrogen) atoms. The van der Waals surface area contributed by atoms with Crippen LogP contribution >= 0.6 is 0 Å². The number of amides is 1. The second kappa shape index (κ2) is 7.97. The van der Waals surface area contributed by atoms with Gasteiger partial charge >= 0.3 is 0 Å². The number of hydrogen-bond acceptors (Lipinski definition) is 6. The highest BCUT2D eigenvalue weighted by Crippen LogP contribution is 2.21. The van der Waals surface area contributed by atoms with Crippen LogP contribution in [-0.2, 0) is 24.7 Å². The molecule has 1 saturated heterocycles. The predicted octanol–water partition coefficient (Wildman–Crippen LogP) is 1.31. The molecular weight excluding hydrogens is 390 g/mol. The fraction of sp³-hybridized carbons (Fsp3) is 0.529. The first-order valence-electron chi connectivity index (χ1n) is 8.93. The van der Waals surface area contributed by atoms with Crippen molar-refractivity contribution >= 4 is 37.3 Å². The fourth-order valence-corrected chi connectivity index (χ4v) is 5.97. The maximum atomic E-state index is 12.5. The largest absolute Gasteiger partial charge is 0.326 e. The normalized spacial score (nSPS) is 22.5. The molecular formula is C17H23N3O5S2. The van der Waals surface area contributed by atoms with Crippen molar-refractivity contribution in [3.63, 3.8) is 0 Å². The van der Waals surface area contributed by atoms with E-state index in [0.717, 1.165) is 19.3 Å². The predicted molar refractivity (Wildman–Crippen MR) is 103 cm³/mol. The smallest absolute Gasteiger partial charge is 0.262 e. The molecule has 0 spiro atoms. The van der Waals surface area contributed by atoms with Gasteiger partial charge < -0.3 is 5.32 Å². The Morgan fingerprint density at radius 2 is 1.85 bits per heavy atom. The molecule has 0 unspecified atom stereocenters. The van der Waals surface area contributed by atoms with Gasteiger partial charge in [-0.15, -0.1) is 0 Å². The topological polar surface area (TPSA) is 122 Å². The van der Waals surface area contributed by atoms with Gasteiger partial charge in [-0.25, -0.2) is 16.8 Å². The van der Waals surface area contributed by atoms with Gasteiger partial charge in [-0.05, 0) is 43.5 Å². The van der Waals surface area contributed by atoms with Gasteiger partial charge in [-0.1, -0.05) is 6.42 Å². The number of sulfone groups is 1. The minimum absolute atomic E-state index is 0.0256. The van der Waals surface area contributed by atoms with E-state index in [1.165, 1.54) is 24.3 Å². The minimum atomic E-state index is -3.73. The summed E-state index contributed by atoms with van der Waals surface area (Å²) in [7, 11) is -6.86. The van der Waals surface area contributed by atoms with Crippen LogP contribution in [0.2, 0.25) is 0 Å². The minimum Gasteiger partial charge on any atom is -0.326 e. The molecule has 1 fully saturated rings. The fourth-order valence-electron chi connectivity index (χ4n) is 3.13. The lowest BCUT2D eigenvalue weighted by atomic mass is 10.1. The van der Waals surface area contributed by atoms with Crippen molar-refractivity contribution in [2.24, 2.45) is 10.9 Å². The third-order valence-corrected chi connectivity index (χ3v) is 7.83. The van der Waals surface area contributed by atoms with Crippen LogP contribution < -0.4 is 10.0 Å². The van der Waals surface area contributed by atoms with E-state index in [1.807, 2.05) is 0 Å². The summed E-state index contributed by atoms with van der Waals surface area (Å²) in [4.78, 5) is 16.5. The molecule has 10 heteroatoms. The Kier molecular flexibility index (Phi) is 5.85. The summed E-state index contributed by atoms with van der Waals surface area (Å²) in [6.07, 6.45) is 3.82. The number of carbonyl (C=O) groups excluding carboxylic acids is 1. The maximum absolute atomic E-state index is 12.5. The van der Waals surface area contributed by atoms with Crippen LogP contribution in [0.4, 0.5) is 5.69 Å². The zero-order valence-electron chi connectivity index (χ0n) is 14.8. The molecule has 1 aromatic carbocycles. The Bertz CT molecular complexity index is 937. The second-order valence-electron chi connectivity index (χ2n) is 6.86. The molecule has 1 atom stereocenters. The lowest BCUT2D eigenvalue weighted by Crippen LogP contribution is -2.30. The number of sulfonamides is 1. The van der Waals surface area contributed by atoms with E-state index in [1.54, 1.807) is 0 Å². The van der Waals surface area contributed by atoms with Gasteiger partial charge in [0.2, 0.25) is 5.91 Å². The number of nitrogens with one attached hydrogen (secondary N) is 2. The molecule has 0 bridgehead atoms. The molecule has 0 saturated carbocycles. The van der Waals surface area contributed by atoms with Crippen LogP contribution in [-0.4, -0.2) is 46.6 Å². The van der Waals surface area contributed by atoms with Crippen LogP contribution in [0.15, 0.2) is 34.2 Å². The van der Waals surface area contributed by atoms with Crippen molar-refractivity contribution in [2.75, 3.05) is 23.4 Å². The van der Waals surface area contributed by atoms with E-state index >= 15 is 0 Å². The highest BCUT2D eigenvalue weighted by molar-refractivity contribution is 7.91. The summed E-state index contributed by atoms with van der Waals surface area (Å²) >= 11 is 0. The number of anilines is 1. The zero-order valence-corrected chi connectivity index (χ0v) is 16.5. The number of nitrogens with zero attached hydrogens (tertiary/aromatic N) is 1. The lowest BCUT2D eigenvalue weighted by Gasteiger charge is -2.12. The molecule has 0 radical (unpaired) electrons. The van der Waals surface area contributed by atoms with Gasteiger partial charge in [0.1, 0.15) is 5.84 Å². The average molecular weight is 414 g/mol. The summed E-state index contributed by atoms with van der Waals surface area (Å²) in [6.45, 7) is 0.625. The summed E-state index contributed by atoms with van der Waals surface area (Å²) in [5.74, 6) is -0.562. The molecule has 2 aliphatic heterocycles. The highest BCUT2D eigenvalue weighted by atomic mass is 32.2. The van der Waals surface area contributed by atoms with Gasteiger partial charge in [0.25, 0.3) is 10.0 Å². The van der Waals surface area contributed by atoms with Crippen LogP contribution in [0, 0.1) is 5.92 Å². The number of rotatable bonds is 4. The molecule has 148 valence electrons. The van der Waals surface area contributed by atoms with E-state index in [-0.39, 0.29) is 22.3 Å². The van der Waals surface area contributed by atoms with E-state index in [9.17, 15) is 21.6 Å². The molecule has 3 rings (SSSR count). The zero-order chi connectivity index (χ0) is 19.5. The van der Waals surface area contributed by atoms with E-state index in [2.05, 4.69) is 15.0 Å². The molecule has 1 amide bonds. The van der Waals surface area contributed by atoms with Crippen LogP contribution in [0.1, 0.15) is 32.1 Å². The number of hydrogen-bond donors (Lipinski definition) is 2. The summed E-state index contributed by atoms with van der Waals surface area (Å²) in [6, 6.07) is 5.79. The molecule has 1 aromatic rings. The number of amidine groups is 1. The van der Waals surface area contributed by atoms with E-state index in [0.29, 0.717) is 30.9 Å². The van der Waals surface area contributed by atoms with Gasteiger partial charge in [-0.3, -0.25) is 14.5 Å². The first-order valence-corrected chi connectivity index (χ1v) is 12.2. The number of carbonyl (C=O) groups is 1. The van der Waals surface area contributed by atoms with Crippen molar-refractivity contribution in [2.45, 2.75) is 37.0 Å². The number of benzene rings is 1. The van der Waals surface area contributed by atoms with Crippen LogP contribution in [0.25, 0.3) is 0 Å². The van der Waals surface area contributed by atoms with Gasteiger partial charge in [0.15, 0.2) is 9.84 Å². The Hall–Kier alpha value is -1.94.